The predicted molar refractivity (Wildman–Crippen MR) is 70.0 cm³/mol. The van der Waals surface area contributed by atoms with E-state index in [1.165, 1.54) is 0 Å². The Balaban J connectivity index is 2.32. The zero-order valence-electron chi connectivity index (χ0n) is 9.33. The summed E-state index contributed by atoms with van der Waals surface area (Å²) in [6.45, 7) is -1.84. The van der Waals surface area contributed by atoms with Crippen LogP contribution in [0.1, 0.15) is 0 Å². The molecule has 0 atom stereocenters. The highest BCUT2D eigenvalue weighted by Crippen LogP contribution is 2.28. The van der Waals surface area contributed by atoms with Crippen molar-refractivity contribution in [3.8, 4) is 0 Å². The zero-order valence-corrected chi connectivity index (χ0v) is 10.9. The fraction of sp³-hybridized carbons (Fsp3) is 0.250. The maximum absolute atomic E-state index is 13.0. The highest BCUT2D eigenvalue weighted by Gasteiger charge is 2.27. The van der Waals surface area contributed by atoms with Crippen molar-refractivity contribution < 1.29 is 13.9 Å². The summed E-state index contributed by atoms with van der Waals surface area (Å²) in [4.78, 5) is 4.04. The van der Waals surface area contributed by atoms with E-state index in [-0.39, 0.29) is 0 Å². The number of nitrogens with one attached hydrogen (secondary N) is 1. The molecule has 0 aliphatic heterocycles. The summed E-state index contributed by atoms with van der Waals surface area (Å²) in [5.41, 5.74) is 0. The Hall–Kier alpha value is -1.27. The Kier molecular flexibility index (Phi) is 3.77. The van der Waals surface area contributed by atoms with Crippen LogP contribution in [0.4, 0.5) is 14.6 Å². The molecule has 0 saturated carbocycles. The van der Waals surface area contributed by atoms with E-state index < -0.39 is 19.1 Å². The maximum Gasteiger partial charge on any atom is 0.287 e. The minimum absolute atomic E-state index is 0.377. The molecular formula is C12H11BrF2N2O. The Labute approximate surface area is 111 Å². The summed E-state index contributed by atoms with van der Waals surface area (Å²) in [7, 11) is 0. The van der Waals surface area contributed by atoms with Gasteiger partial charge in [-0.25, -0.2) is 13.8 Å². The molecular weight excluding hydrogens is 306 g/mol. The highest BCUT2D eigenvalue weighted by molar-refractivity contribution is 9.10. The Morgan fingerprint density at radius 3 is 2.78 bits per heavy atom. The molecule has 0 bridgehead atoms. The number of hydrogen-bond acceptors (Lipinski definition) is 3. The summed E-state index contributed by atoms with van der Waals surface area (Å²) in [6.07, 6.45) is 1.55. The van der Waals surface area contributed by atoms with E-state index in [1.807, 2.05) is 12.1 Å². The first-order valence-corrected chi connectivity index (χ1v) is 6.08. The molecule has 0 amide bonds. The molecule has 1 aromatic heterocycles. The van der Waals surface area contributed by atoms with Gasteiger partial charge in [-0.3, -0.25) is 0 Å². The monoisotopic (exact) mass is 316 g/mol. The molecule has 0 aliphatic rings. The van der Waals surface area contributed by atoms with E-state index in [1.54, 1.807) is 18.3 Å². The van der Waals surface area contributed by atoms with Crippen LogP contribution in [-0.2, 0) is 0 Å². The van der Waals surface area contributed by atoms with Crippen molar-refractivity contribution in [2.24, 2.45) is 0 Å². The largest absolute Gasteiger partial charge is 0.390 e. The lowest BCUT2D eigenvalue weighted by Gasteiger charge is -2.15. The Morgan fingerprint density at radius 2 is 2.06 bits per heavy atom. The van der Waals surface area contributed by atoms with E-state index >= 15 is 0 Å². The normalized spacial score (nSPS) is 11.8. The van der Waals surface area contributed by atoms with Gasteiger partial charge in [-0.2, -0.15) is 0 Å². The molecule has 0 saturated heterocycles. The lowest BCUT2D eigenvalue weighted by molar-refractivity contribution is -0.0373. The van der Waals surface area contributed by atoms with Crippen molar-refractivity contribution in [3.05, 3.63) is 34.9 Å². The van der Waals surface area contributed by atoms with Crippen LogP contribution in [0.15, 0.2) is 34.9 Å². The SMILES string of the molecule is OCC(F)(F)CNc1nccc2c(Br)cccc12. The van der Waals surface area contributed by atoms with Gasteiger partial charge in [-0.15, -0.1) is 0 Å². The lowest BCUT2D eigenvalue weighted by atomic mass is 10.1. The van der Waals surface area contributed by atoms with Gasteiger partial charge in [-0.1, -0.05) is 28.1 Å². The number of anilines is 1. The molecule has 0 radical (unpaired) electrons. The molecule has 18 heavy (non-hydrogen) atoms. The number of hydrogen-bond donors (Lipinski definition) is 2. The first kappa shape index (κ1) is 13.2. The number of pyridine rings is 1. The van der Waals surface area contributed by atoms with Gasteiger partial charge in [-0.05, 0) is 12.1 Å². The van der Waals surface area contributed by atoms with Gasteiger partial charge < -0.3 is 10.4 Å². The van der Waals surface area contributed by atoms with Gasteiger partial charge in [0, 0.05) is 21.4 Å². The topological polar surface area (TPSA) is 45.1 Å². The second-order valence-electron chi connectivity index (χ2n) is 3.86. The van der Waals surface area contributed by atoms with Crippen molar-refractivity contribution >= 4 is 32.5 Å². The van der Waals surface area contributed by atoms with E-state index in [4.69, 9.17) is 5.11 Å². The average Bonchev–Trinajstić information content (AvgIpc) is 2.37. The number of benzene rings is 1. The second-order valence-corrected chi connectivity index (χ2v) is 4.72. The molecule has 0 spiro atoms. The minimum Gasteiger partial charge on any atom is -0.390 e. The van der Waals surface area contributed by atoms with Gasteiger partial charge in [0.25, 0.3) is 5.92 Å². The zero-order chi connectivity index (χ0) is 13.2. The van der Waals surface area contributed by atoms with E-state index in [0.717, 1.165) is 15.2 Å². The van der Waals surface area contributed by atoms with Crippen LogP contribution >= 0.6 is 15.9 Å². The molecule has 0 aliphatic carbocycles. The Bertz CT molecular complexity index is 563. The molecule has 1 aromatic carbocycles. The predicted octanol–water partition coefficient (Wildman–Crippen LogP) is 3.04. The van der Waals surface area contributed by atoms with Crippen molar-refractivity contribution in [2.45, 2.75) is 5.92 Å². The molecule has 6 heteroatoms. The first-order valence-electron chi connectivity index (χ1n) is 5.29. The average molecular weight is 317 g/mol. The second kappa shape index (κ2) is 5.16. The van der Waals surface area contributed by atoms with Crippen LogP contribution in [0.2, 0.25) is 0 Å². The number of alkyl halides is 2. The minimum atomic E-state index is -3.16. The van der Waals surface area contributed by atoms with Crippen molar-refractivity contribution in [2.75, 3.05) is 18.5 Å². The molecule has 3 nitrogen and oxygen atoms in total. The number of nitrogens with zero attached hydrogens (tertiary/aromatic N) is 1. The number of rotatable bonds is 4. The van der Waals surface area contributed by atoms with Gasteiger partial charge in [0.05, 0.1) is 6.54 Å². The molecule has 0 unspecified atom stereocenters. The van der Waals surface area contributed by atoms with E-state index in [0.29, 0.717) is 5.82 Å². The van der Waals surface area contributed by atoms with E-state index in [9.17, 15) is 8.78 Å². The van der Waals surface area contributed by atoms with Gasteiger partial charge in [0.2, 0.25) is 0 Å². The first-order chi connectivity index (χ1) is 8.53. The number of halogens is 3. The quantitative estimate of drug-likeness (QED) is 0.911. The summed E-state index contributed by atoms with van der Waals surface area (Å²) in [5, 5.41) is 12.7. The van der Waals surface area contributed by atoms with Gasteiger partial charge in [0.1, 0.15) is 12.4 Å². The highest BCUT2D eigenvalue weighted by atomic mass is 79.9. The van der Waals surface area contributed by atoms with Crippen LogP contribution in [0, 0.1) is 0 Å². The molecule has 1 heterocycles. The number of aromatic nitrogens is 1. The lowest BCUT2D eigenvalue weighted by Crippen LogP contribution is -2.31. The number of aliphatic hydroxyl groups is 1. The summed E-state index contributed by atoms with van der Waals surface area (Å²) in [6, 6.07) is 7.28. The van der Waals surface area contributed by atoms with Crippen molar-refractivity contribution in [1.82, 2.24) is 4.98 Å². The molecule has 2 rings (SSSR count). The standard InChI is InChI=1S/C12H11BrF2N2O/c13-10-3-1-2-9-8(10)4-5-16-11(9)17-6-12(14,15)7-18/h1-5,18H,6-7H2,(H,16,17). The summed E-state index contributed by atoms with van der Waals surface area (Å²) >= 11 is 3.39. The van der Waals surface area contributed by atoms with Crippen LogP contribution < -0.4 is 5.32 Å². The number of aliphatic hydroxyl groups excluding tert-OH is 1. The summed E-state index contributed by atoms with van der Waals surface area (Å²) < 4.78 is 26.8. The third-order valence-corrected chi connectivity index (χ3v) is 3.19. The Morgan fingerprint density at radius 1 is 1.28 bits per heavy atom. The molecule has 2 aromatic rings. The molecule has 0 fully saturated rings. The number of fused-ring (bicyclic) bond motifs is 1. The van der Waals surface area contributed by atoms with Crippen LogP contribution in [0.5, 0.6) is 0 Å². The van der Waals surface area contributed by atoms with Crippen molar-refractivity contribution in [3.63, 3.8) is 0 Å². The van der Waals surface area contributed by atoms with Crippen LogP contribution in [0.25, 0.3) is 10.8 Å². The third-order valence-electron chi connectivity index (χ3n) is 2.50. The van der Waals surface area contributed by atoms with Crippen LogP contribution in [-0.4, -0.2) is 29.2 Å². The molecule has 2 N–H and O–H groups in total. The van der Waals surface area contributed by atoms with Crippen LogP contribution in [0.3, 0.4) is 0 Å². The fourth-order valence-corrected chi connectivity index (χ4v) is 2.08. The summed E-state index contributed by atoms with van der Waals surface area (Å²) in [5.74, 6) is -2.78. The fourth-order valence-electron chi connectivity index (χ4n) is 1.58. The maximum atomic E-state index is 13.0. The van der Waals surface area contributed by atoms with Gasteiger partial charge >= 0.3 is 0 Å². The van der Waals surface area contributed by atoms with E-state index in [2.05, 4.69) is 26.2 Å². The van der Waals surface area contributed by atoms with Crippen molar-refractivity contribution in [1.29, 1.82) is 0 Å². The smallest absolute Gasteiger partial charge is 0.287 e. The molecule has 96 valence electrons. The van der Waals surface area contributed by atoms with Gasteiger partial charge in [0.15, 0.2) is 0 Å². The third kappa shape index (κ3) is 2.76.